The van der Waals surface area contributed by atoms with Crippen molar-refractivity contribution < 1.29 is 9.53 Å². The molecule has 0 bridgehead atoms. The van der Waals surface area contributed by atoms with Gasteiger partial charge in [-0.05, 0) is 18.2 Å². The average molecular weight is 306 g/mol. The molecule has 0 saturated heterocycles. The summed E-state index contributed by atoms with van der Waals surface area (Å²) in [6, 6.07) is 14.5. The Morgan fingerprint density at radius 2 is 1.87 bits per heavy atom. The number of para-hydroxylation sites is 1. The van der Waals surface area contributed by atoms with E-state index in [1.807, 2.05) is 30.3 Å². The molecule has 0 aliphatic heterocycles. The minimum atomic E-state index is -0.460. The second-order valence-electron chi connectivity index (χ2n) is 4.86. The molecule has 0 aliphatic carbocycles. The number of fused-ring (bicyclic) bond motifs is 1. The number of aromatic nitrogens is 2. The zero-order chi connectivity index (χ0) is 16.2. The molecule has 0 aliphatic rings. The van der Waals surface area contributed by atoms with Gasteiger partial charge in [0.1, 0.15) is 0 Å². The summed E-state index contributed by atoms with van der Waals surface area (Å²) >= 11 is 0. The first-order valence-corrected chi connectivity index (χ1v) is 7.03. The SMILES string of the molecule is COC(=O)/C=C/c1ccccc1-n1ncc2ccccc2c1=O. The van der Waals surface area contributed by atoms with Crippen LogP contribution in [-0.4, -0.2) is 22.9 Å². The van der Waals surface area contributed by atoms with Crippen LogP contribution in [0.25, 0.3) is 22.5 Å². The predicted molar refractivity (Wildman–Crippen MR) is 88.4 cm³/mol. The van der Waals surface area contributed by atoms with E-state index in [4.69, 9.17) is 0 Å². The number of benzene rings is 2. The molecule has 0 saturated carbocycles. The molecular weight excluding hydrogens is 292 g/mol. The lowest BCUT2D eigenvalue weighted by Gasteiger charge is -2.09. The van der Waals surface area contributed by atoms with Gasteiger partial charge in [0.15, 0.2) is 0 Å². The van der Waals surface area contributed by atoms with E-state index in [9.17, 15) is 9.59 Å². The molecule has 0 fully saturated rings. The topological polar surface area (TPSA) is 61.2 Å². The maximum absolute atomic E-state index is 12.7. The number of nitrogens with zero attached hydrogens (tertiary/aromatic N) is 2. The van der Waals surface area contributed by atoms with Crippen molar-refractivity contribution in [2.24, 2.45) is 0 Å². The van der Waals surface area contributed by atoms with Gasteiger partial charge in [-0.3, -0.25) is 4.79 Å². The monoisotopic (exact) mass is 306 g/mol. The van der Waals surface area contributed by atoms with Crippen molar-refractivity contribution in [3.8, 4) is 5.69 Å². The van der Waals surface area contributed by atoms with E-state index >= 15 is 0 Å². The lowest BCUT2D eigenvalue weighted by molar-refractivity contribution is -0.134. The first kappa shape index (κ1) is 14.7. The predicted octanol–water partition coefficient (Wildman–Crippen LogP) is 2.57. The maximum atomic E-state index is 12.7. The molecular formula is C18H14N2O3. The van der Waals surface area contributed by atoms with Crippen LogP contribution in [0.1, 0.15) is 5.56 Å². The minimum absolute atomic E-state index is 0.206. The van der Waals surface area contributed by atoms with Gasteiger partial charge in [0.05, 0.1) is 24.4 Å². The summed E-state index contributed by atoms with van der Waals surface area (Å²) in [6.45, 7) is 0. The second-order valence-corrected chi connectivity index (χ2v) is 4.86. The molecule has 2 aromatic carbocycles. The number of hydrogen-bond acceptors (Lipinski definition) is 4. The van der Waals surface area contributed by atoms with Crippen LogP contribution in [-0.2, 0) is 9.53 Å². The van der Waals surface area contributed by atoms with Gasteiger partial charge in [-0.2, -0.15) is 9.78 Å². The molecule has 1 heterocycles. The van der Waals surface area contributed by atoms with Crippen molar-refractivity contribution in [3.63, 3.8) is 0 Å². The molecule has 0 amide bonds. The van der Waals surface area contributed by atoms with E-state index in [0.717, 1.165) is 5.39 Å². The van der Waals surface area contributed by atoms with E-state index in [2.05, 4.69) is 9.84 Å². The Balaban J connectivity index is 2.16. The van der Waals surface area contributed by atoms with Crippen LogP contribution in [0.5, 0.6) is 0 Å². The molecule has 0 N–H and O–H groups in total. The van der Waals surface area contributed by atoms with E-state index in [1.165, 1.54) is 17.9 Å². The molecule has 1 aromatic heterocycles. The molecule has 0 radical (unpaired) electrons. The molecule has 5 heteroatoms. The summed E-state index contributed by atoms with van der Waals surface area (Å²) in [5.41, 5.74) is 1.09. The first-order valence-electron chi connectivity index (χ1n) is 7.03. The third-order valence-electron chi connectivity index (χ3n) is 3.46. The molecule has 3 rings (SSSR count). The summed E-state index contributed by atoms with van der Waals surface area (Å²) in [4.78, 5) is 23.9. The lowest BCUT2D eigenvalue weighted by atomic mass is 10.1. The molecule has 5 nitrogen and oxygen atoms in total. The number of carbonyl (C=O) groups is 1. The van der Waals surface area contributed by atoms with E-state index in [1.54, 1.807) is 30.5 Å². The third kappa shape index (κ3) is 2.89. The van der Waals surface area contributed by atoms with Gasteiger partial charge in [0, 0.05) is 17.0 Å². The van der Waals surface area contributed by atoms with Crippen molar-refractivity contribution in [2.45, 2.75) is 0 Å². The fraction of sp³-hybridized carbons (Fsp3) is 0.0556. The van der Waals surface area contributed by atoms with Crippen molar-refractivity contribution >= 4 is 22.8 Å². The Hall–Kier alpha value is -3.21. The Bertz CT molecular complexity index is 958. The highest BCUT2D eigenvalue weighted by Gasteiger charge is 2.08. The van der Waals surface area contributed by atoms with Crippen LogP contribution in [0.3, 0.4) is 0 Å². The quantitative estimate of drug-likeness (QED) is 0.551. The van der Waals surface area contributed by atoms with Gasteiger partial charge in [-0.1, -0.05) is 36.4 Å². The normalized spacial score (nSPS) is 11.0. The fourth-order valence-electron chi connectivity index (χ4n) is 2.31. The average Bonchev–Trinajstić information content (AvgIpc) is 2.60. The van der Waals surface area contributed by atoms with Crippen molar-refractivity contribution in [3.05, 3.63) is 76.7 Å². The van der Waals surface area contributed by atoms with Gasteiger partial charge < -0.3 is 4.74 Å². The Morgan fingerprint density at radius 1 is 1.13 bits per heavy atom. The van der Waals surface area contributed by atoms with Gasteiger partial charge in [-0.25, -0.2) is 4.79 Å². The summed E-state index contributed by atoms with van der Waals surface area (Å²) < 4.78 is 5.92. The lowest BCUT2D eigenvalue weighted by Crippen LogP contribution is -2.21. The second kappa shape index (κ2) is 6.27. The largest absolute Gasteiger partial charge is 0.466 e. The Kier molecular flexibility index (Phi) is 4.01. The van der Waals surface area contributed by atoms with Crippen LogP contribution >= 0.6 is 0 Å². The number of hydrogen-bond donors (Lipinski definition) is 0. The number of esters is 1. The molecule has 23 heavy (non-hydrogen) atoms. The standard InChI is InChI=1S/C18H14N2O3/c1-23-17(21)11-10-13-6-3-5-9-16(13)20-18(22)15-8-4-2-7-14(15)12-19-20/h2-12H,1H3/b11-10+. The van der Waals surface area contributed by atoms with Crippen LogP contribution in [0.4, 0.5) is 0 Å². The molecule has 0 unspecified atom stereocenters. The van der Waals surface area contributed by atoms with Crippen LogP contribution in [0, 0.1) is 0 Å². The van der Waals surface area contributed by atoms with Crippen LogP contribution in [0.15, 0.2) is 65.6 Å². The van der Waals surface area contributed by atoms with Crippen molar-refractivity contribution in [2.75, 3.05) is 7.11 Å². The first-order chi connectivity index (χ1) is 11.2. The van der Waals surface area contributed by atoms with Crippen LogP contribution < -0.4 is 5.56 Å². The zero-order valence-corrected chi connectivity index (χ0v) is 12.5. The van der Waals surface area contributed by atoms with Crippen LogP contribution in [0.2, 0.25) is 0 Å². The number of carbonyl (C=O) groups excluding carboxylic acids is 1. The Morgan fingerprint density at radius 3 is 2.70 bits per heavy atom. The highest BCUT2D eigenvalue weighted by molar-refractivity contribution is 5.87. The highest BCUT2D eigenvalue weighted by atomic mass is 16.5. The van der Waals surface area contributed by atoms with Gasteiger partial charge in [0.25, 0.3) is 5.56 Å². The molecule has 114 valence electrons. The van der Waals surface area contributed by atoms with Crippen molar-refractivity contribution in [1.82, 2.24) is 9.78 Å². The summed E-state index contributed by atoms with van der Waals surface area (Å²) in [7, 11) is 1.31. The smallest absolute Gasteiger partial charge is 0.330 e. The van der Waals surface area contributed by atoms with Gasteiger partial charge in [0.2, 0.25) is 0 Å². The van der Waals surface area contributed by atoms with Crippen molar-refractivity contribution in [1.29, 1.82) is 0 Å². The molecule has 0 spiro atoms. The third-order valence-corrected chi connectivity index (χ3v) is 3.46. The zero-order valence-electron chi connectivity index (χ0n) is 12.5. The minimum Gasteiger partial charge on any atom is -0.466 e. The summed E-state index contributed by atoms with van der Waals surface area (Å²) in [5, 5.41) is 5.62. The van der Waals surface area contributed by atoms with Gasteiger partial charge in [-0.15, -0.1) is 0 Å². The van der Waals surface area contributed by atoms with E-state index < -0.39 is 5.97 Å². The van der Waals surface area contributed by atoms with Gasteiger partial charge >= 0.3 is 5.97 Å². The number of rotatable bonds is 3. The Labute approximate surface area is 132 Å². The highest BCUT2D eigenvalue weighted by Crippen LogP contribution is 2.15. The summed E-state index contributed by atoms with van der Waals surface area (Å²) in [5.74, 6) is -0.460. The van der Waals surface area contributed by atoms with E-state index in [-0.39, 0.29) is 5.56 Å². The number of ether oxygens (including phenoxy) is 1. The fourth-order valence-corrected chi connectivity index (χ4v) is 2.31. The summed E-state index contributed by atoms with van der Waals surface area (Å²) in [6.07, 6.45) is 4.56. The number of methoxy groups -OCH3 is 1. The molecule has 3 aromatic rings. The molecule has 0 atom stereocenters. The van der Waals surface area contributed by atoms with E-state index in [0.29, 0.717) is 16.6 Å². The maximum Gasteiger partial charge on any atom is 0.330 e.